The molecule has 1 aliphatic carbocycles. The Kier molecular flexibility index (Phi) is 4.53. The van der Waals surface area contributed by atoms with E-state index < -0.39 is 0 Å². The van der Waals surface area contributed by atoms with Crippen molar-refractivity contribution in [2.45, 2.75) is 63.2 Å². The summed E-state index contributed by atoms with van der Waals surface area (Å²) in [5.74, 6) is 1.42. The van der Waals surface area contributed by atoms with Gasteiger partial charge < -0.3 is 4.74 Å². The molecule has 0 N–H and O–H groups in total. The first-order valence-electron chi connectivity index (χ1n) is 6.90. The van der Waals surface area contributed by atoms with Crippen molar-refractivity contribution in [1.82, 2.24) is 0 Å². The number of carbonyl (C=O) groups is 1. The molecule has 0 bridgehead atoms. The van der Waals surface area contributed by atoms with Crippen LogP contribution in [0.25, 0.3) is 0 Å². The number of ether oxygens (including phenoxy) is 1. The summed E-state index contributed by atoms with van der Waals surface area (Å²) in [5, 5.41) is 0.555. The van der Waals surface area contributed by atoms with E-state index in [0.717, 1.165) is 19.4 Å². The highest BCUT2D eigenvalue weighted by molar-refractivity contribution is 8.00. The predicted molar refractivity (Wildman–Crippen MR) is 72.5 cm³/mol. The molecule has 1 aliphatic heterocycles. The van der Waals surface area contributed by atoms with Crippen LogP contribution in [0.1, 0.15) is 52.4 Å². The molecular weight excluding hydrogens is 232 g/mol. The number of rotatable bonds is 4. The molecule has 98 valence electrons. The molecule has 0 aromatic rings. The Balaban J connectivity index is 1.86. The van der Waals surface area contributed by atoms with Crippen LogP contribution in [0, 0.1) is 5.92 Å². The summed E-state index contributed by atoms with van der Waals surface area (Å²) in [4.78, 5) is 12.2. The zero-order valence-electron chi connectivity index (χ0n) is 11.0. The largest absolute Gasteiger partial charge is 0.375 e. The molecule has 0 radical (unpaired) electrons. The Morgan fingerprint density at radius 2 is 2.12 bits per heavy atom. The second kappa shape index (κ2) is 5.75. The molecule has 1 atom stereocenters. The molecule has 2 nitrogen and oxygen atoms in total. The Morgan fingerprint density at radius 3 is 2.76 bits per heavy atom. The van der Waals surface area contributed by atoms with Crippen LogP contribution < -0.4 is 0 Å². The molecule has 2 rings (SSSR count). The average molecular weight is 256 g/mol. The average Bonchev–Trinajstić information content (AvgIpc) is 2.74. The van der Waals surface area contributed by atoms with Crippen LogP contribution in [0.2, 0.25) is 0 Å². The van der Waals surface area contributed by atoms with Crippen LogP contribution in [0.4, 0.5) is 0 Å². The number of thioether (sulfide) groups is 1. The zero-order chi connectivity index (χ0) is 12.3. The van der Waals surface area contributed by atoms with Crippen molar-refractivity contribution >= 4 is 17.5 Å². The lowest BCUT2D eigenvalue weighted by molar-refractivity contribution is -0.134. The highest BCUT2D eigenvalue weighted by Crippen LogP contribution is 2.42. The van der Waals surface area contributed by atoms with E-state index in [1.807, 2.05) is 0 Å². The van der Waals surface area contributed by atoms with Gasteiger partial charge in [0.05, 0.1) is 11.4 Å². The van der Waals surface area contributed by atoms with Gasteiger partial charge in [0.2, 0.25) is 0 Å². The minimum Gasteiger partial charge on any atom is -0.375 e. The van der Waals surface area contributed by atoms with Crippen molar-refractivity contribution < 1.29 is 9.53 Å². The maximum absolute atomic E-state index is 12.2. The second-order valence-corrected chi connectivity index (χ2v) is 7.32. The summed E-state index contributed by atoms with van der Waals surface area (Å²) < 4.78 is 5.97. The van der Waals surface area contributed by atoms with Gasteiger partial charge in [-0.25, -0.2) is 0 Å². The number of Topliss-reactive ketones (excluding diaryl/α,β-unsaturated/α-hetero) is 1. The molecule has 1 unspecified atom stereocenters. The summed E-state index contributed by atoms with van der Waals surface area (Å²) in [6, 6.07) is 0. The smallest absolute Gasteiger partial charge is 0.146 e. The summed E-state index contributed by atoms with van der Waals surface area (Å²) >= 11 is 1.77. The third kappa shape index (κ3) is 3.47. The normalized spacial score (nSPS) is 27.8. The van der Waals surface area contributed by atoms with Crippen molar-refractivity contribution in [3.8, 4) is 0 Å². The third-order valence-corrected chi connectivity index (χ3v) is 5.14. The molecular formula is C14H24O2S. The molecule has 1 saturated heterocycles. The van der Waals surface area contributed by atoms with E-state index in [9.17, 15) is 4.79 Å². The van der Waals surface area contributed by atoms with Crippen LogP contribution >= 0.6 is 11.8 Å². The van der Waals surface area contributed by atoms with E-state index in [-0.39, 0.29) is 11.5 Å². The van der Waals surface area contributed by atoms with E-state index >= 15 is 0 Å². The highest BCUT2D eigenvalue weighted by Gasteiger charge is 2.41. The van der Waals surface area contributed by atoms with E-state index in [4.69, 9.17) is 4.74 Å². The number of ketones is 1. The minimum absolute atomic E-state index is 0.0844. The van der Waals surface area contributed by atoms with Gasteiger partial charge in [0.25, 0.3) is 0 Å². The van der Waals surface area contributed by atoms with Crippen LogP contribution in [0.15, 0.2) is 0 Å². The molecule has 0 aromatic heterocycles. The number of carbonyl (C=O) groups excluding carboxylic acids is 1. The molecule has 2 fully saturated rings. The lowest BCUT2D eigenvalue weighted by atomic mass is 9.83. The van der Waals surface area contributed by atoms with Gasteiger partial charge in [-0.05, 0) is 30.9 Å². The van der Waals surface area contributed by atoms with Gasteiger partial charge >= 0.3 is 0 Å². The van der Waals surface area contributed by atoms with E-state index in [0.29, 0.717) is 16.8 Å². The molecule has 0 amide bonds. The van der Waals surface area contributed by atoms with Crippen molar-refractivity contribution in [2.75, 3.05) is 12.4 Å². The fourth-order valence-electron chi connectivity index (χ4n) is 3.04. The van der Waals surface area contributed by atoms with Gasteiger partial charge in [-0.3, -0.25) is 4.79 Å². The quantitative estimate of drug-likeness (QED) is 0.771. The molecule has 0 aromatic carbocycles. The molecule has 2 aliphatic rings. The summed E-state index contributed by atoms with van der Waals surface area (Å²) in [7, 11) is 0. The van der Waals surface area contributed by atoms with E-state index in [1.165, 1.54) is 25.7 Å². The van der Waals surface area contributed by atoms with Crippen LogP contribution in [0.3, 0.4) is 0 Å². The van der Waals surface area contributed by atoms with E-state index in [1.54, 1.807) is 11.8 Å². The fraction of sp³-hybridized carbons (Fsp3) is 0.929. The predicted octanol–water partition coefficient (Wildman–Crippen LogP) is 3.44. The lowest BCUT2D eigenvalue weighted by Gasteiger charge is -2.37. The topological polar surface area (TPSA) is 26.3 Å². The summed E-state index contributed by atoms with van der Waals surface area (Å²) in [5.41, 5.74) is 0.0844. The Hall–Kier alpha value is -0.0200. The monoisotopic (exact) mass is 256 g/mol. The SMILES string of the molecule is CC(C)SCC(=O)C1CCOC2(CCCC2)C1. The Morgan fingerprint density at radius 1 is 1.41 bits per heavy atom. The first kappa shape index (κ1) is 13.4. The first-order chi connectivity index (χ1) is 8.11. The maximum Gasteiger partial charge on any atom is 0.146 e. The van der Waals surface area contributed by atoms with Gasteiger partial charge in [-0.1, -0.05) is 26.7 Å². The Labute approximate surface area is 109 Å². The number of hydrogen-bond acceptors (Lipinski definition) is 3. The lowest BCUT2D eigenvalue weighted by Crippen LogP contribution is -2.40. The summed E-state index contributed by atoms with van der Waals surface area (Å²) in [6.07, 6.45) is 6.84. The van der Waals surface area contributed by atoms with E-state index in [2.05, 4.69) is 13.8 Å². The van der Waals surface area contributed by atoms with Gasteiger partial charge in [-0.2, -0.15) is 11.8 Å². The molecule has 17 heavy (non-hydrogen) atoms. The fourth-order valence-corrected chi connectivity index (χ4v) is 3.77. The molecule has 1 saturated carbocycles. The molecule has 1 heterocycles. The molecule has 3 heteroatoms. The van der Waals surface area contributed by atoms with Crippen molar-refractivity contribution in [3.63, 3.8) is 0 Å². The number of hydrogen-bond donors (Lipinski definition) is 0. The minimum atomic E-state index is 0.0844. The third-order valence-electron chi connectivity index (χ3n) is 4.02. The van der Waals surface area contributed by atoms with Gasteiger partial charge in [-0.15, -0.1) is 0 Å². The maximum atomic E-state index is 12.2. The Bertz CT molecular complexity index is 269. The van der Waals surface area contributed by atoms with Crippen molar-refractivity contribution in [3.05, 3.63) is 0 Å². The van der Waals surface area contributed by atoms with Gasteiger partial charge in [0.1, 0.15) is 5.78 Å². The molecule has 1 spiro atoms. The van der Waals surface area contributed by atoms with Crippen LogP contribution in [0.5, 0.6) is 0 Å². The first-order valence-corrected chi connectivity index (χ1v) is 7.94. The highest BCUT2D eigenvalue weighted by atomic mass is 32.2. The van der Waals surface area contributed by atoms with Crippen LogP contribution in [-0.4, -0.2) is 29.0 Å². The zero-order valence-corrected chi connectivity index (χ0v) is 11.9. The summed E-state index contributed by atoms with van der Waals surface area (Å²) in [6.45, 7) is 5.10. The van der Waals surface area contributed by atoms with Crippen LogP contribution in [-0.2, 0) is 9.53 Å². The van der Waals surface area contributed by atoms with Gasteiger partial charge in [0.15, 0.2) is 0 Å². The van der Waals surface area contributed by atoms with Crippen molar-refractivity contribution in [1.29, 1.82) is 0 Å². The van der Waals surface area contributed by atoms with Gasteiger partial charge in [0, 0.05) is 12.5 Å². The second-order valence-electron chi connectivity index (χ2n) is 5.75. The van der Waals surface area contributed by atoms with Crippen molar-refractivity contribution in [2.24, 2.45) is 5.92 Å². The standard InChI is InChI=1S/C14H24O2S/c1-11(2)17-10-13(15)12-5-8-16-14(9-12)6-3-4-7-14/h11-12H,3-10H2,1-2H3.